The van der Waals surface area contributed by atoms with Crippen LogP contribution >= 0.6 is 15.9 Å². The maximum atomic E-state index is 3.47. The Bertz CT molecular complexity index is 57.4. The van der Waals surface area contributed by atoms with Crippen LogP contribution in [0.1, 0.15) is 33.6 Å². The van der Waals surface area contributed by atoms with Crippen LogP contribution in [0.3, 0.4) is 0 Å². The molecule has 50 valence electrons. The third-order valence-electron chi connectivity index (χ3n) is 1.29. The van der Waals surface area contributed by atoms with Gasteiger partial charge in [0.2, 0.25) is 0 Å². The predicted octanol–water partition coefficient (Wildman–Crippen LogP) is 3.21. The fourth-order valence-electron chi connectivity index (χ4n) is 0.744. The fraction of sp³-hybridized carbons (Fsp3) is 1.00. The van der Waals surface area contributed by atoms with Gasteiger partial charge in [0.25, 0.3) is 0 Å². The van der Waals surface area contributed by atoms with E-state index >= 15 is 0 Å². The van der Waals surface area contributed by atoms with E-state index in [1.807, 2.05) is 0 Å². The molecule has 8 heavy (non-hydrogen) atoms. The summed E-state index contributed by atoms with van der Waals surface area (Å²) >= 11 is 3.47. The lowest BCUT2D eigenvalue weighted by Gasteiger charge is -2.19. The summed E-state index contributed by atoms with van der Waals surface area (Å²) in [5, 5.41) is 1.12. The van der Waals surface area contributed by atoms with Gasteiger partial charge in [0.05, 0.1) is 0 Å². The van der Waals surface area contributed by atoms with Gasteiger partial charge in [-0.2, -0.15) is 0 Å². The first-order chi connectivity index (χ1) is 3.62. The molecule has 1 heteroatoms. The van der Waals surface area contributed by atoms with E-state index in [0.29, 0.717) is 5.41 Å². The minimum absolute atomic E-state index is 0.509. The average molecular weight is 179 g/mol. The summed E-state index contributed by atoms with van der Waals surface area (Å²) in [6.07, 6.45) is 2.61. The molecule has 0 amide bonds. The molecule has 0 aromatic carbocycles. The van der Waals surface area contributed by atoms with Crippen molar-refractivity contribution in [2.24, 2.45) is 5.41 Å². The quantitative estimate of drug-likeness (QED) is 0.583. The van der Waals surface area contributed by atoms with Crippen molar-refractivity contribution < 1.29 is 0 Å². The Hall–Kier alpha value is 0.480. The van der Waals surface area contributed by atoms with Gasteiger partial charge >= 0.3 is 0 Å². The molecule has 0 fully saturated rings. The average Bonchev–Trinajstić information content (AvgIpc) is 1.67. The molecule has 0 aromatic heterocycles. The van der Waals surface area contributed by atoms with Crippen LogP contribution in [-0.2, 0) is 0 Å². The van der Waals surface area contributed by atoms with Crippen LogP contribution in [0, 0.1) is 5.41 Å². The first kappa shape index (κ1) is 8.48. The van der Waals surface area contributed by atoms with Crippen LogP contribution in [0.4, 0.5) is 0 Å². The zero-order valence-corrected chi connectivity index (χ0v) is 7.59. The van der Waals surface area contributed by atoms with Gasteiger partial charge < -0.3 is 0 Å². The molecule has 0 aliphatic rings. The number of alkyl halides is 1. The van der Waals surface area contributed by atoms with E-state index in [4.69, 9.17) is 0 Å². The normalized spacial score (nSPS) is 12.0. The molecule has 0 atom stereocenters. The lowest BCUT2D eigenvalue weighted by molar-refractivity contribution is 0.385. The molecule has 0 N–H and O–H groups in total. The van der Waals surface area contributed by atoms with Crippen molar-refractivity contribution in [1.29, 1.82) is 0 Å². The van der Waals surface area contributed by atoms with Crippen molar-refractivity contribution >= 4 is 15.9 Å². The molecule has 0 unspecified atom stereocenters. The minimum atomic E-state index is 0.509. The van der Waals surface area contributed by atoms with E-state index in [2.05, 4.69) is 36.7 Å². The molecule has 0 aliphatic heterocycles. The van der Waals surface area contributed by atoms with Crippen molar-refractivity contribution in [2.45, 2.75) is 33.6 Å². The largest absolute Gasteiger partial charge is 0.0922 e. The molecular weight excluding hydrogens is 164 g/mol. The smallest absolute Gasteiger partial charge is 0.00826 e. The molecule has 0 aromatic rings. The van der Waals surface area contributed by atoms with E-state index < -0.39 is 0 Å². The van der Waals surface area contributed by atoms with E-state index in [-0.39, 0.29) is 0 Å². The highest BCUT2D eigenvalue weighted by molar-refractivity contribution is 9.09. The van der Waals surface area contributed by atoms with Gasteiger partial charge in [-0.05, 0) is 11.8 Å². The van der Waals surface area contributed by atoms with Gasteiger partial charge in [-0.25, -0.2) is 0 Å². The first-order valence-corrected chi connectivity index (χ1v) is 4.30. The first-order valence-electron chi connectivity index (χ1n) is 3.18. The molecule has 0 radical (unpaired) electrons. The molecule has 0 aliphatic carbocycles. The van der Waals surface area contributed by atoms with E-state index in [1.165, 1.54) is 12.8 Å². The van der Waals surface area contributed by atoms with Gasteiger partial charge in [0.15, 0.2) is 0 Å². The highest BCUT2D eigenvalue weighted by Crippen LogP contribution is 2.23. The van der Waals surface area contributed by atoms with Crippen molar-refractivity contribution in [3.8, 4) is 0 Å². The van der Waals surface area contributed by atoms with Gasteiger partial charge in [-0.15, -0.1) is 0 Å². The lowest BCUT2D eigenvalue weighted by Crippen LogP contribution is -2.11. The predicted molar refractivity (Wildman–Crippen MR) is 42.5 cm³/mol. The second kappa shape index (κ2) is 3.49. The summed E-state index contributed by atoms with van der Waals surface area (Å²) in [5.41, 5.74) is 0.509. The second-order valence-corrected chi connectivity index (χ2v) is 3.61. The van der Waals surface area contributed by atoms with Crippen LogP contribution in [0.25, 0.3) is 0 Å². The van der Waals surface area contributed by atoms with Crippen LogP contribution in [0.2, 0.25) is 0 Å². The Morgan fingerprint density at radius 2 is 1.88 bits per heavy atom. The molecule has 0 rings (SSSR count). The Balaban J connectivity index is 3.37. The summed E-state index contributed by atoms with van der Waals surface area (Å²) in [5.74, 6) is 0. The van der Waals surface area contributed by atoms with Gasteiger partial charge in [-0.3, -0.25) is 0 Å². The van der Waals surface area contributed by atoms with E-state index in [1.54, 1.807) is 0 Å². The molecule has 0 saturated heterocycles. The number of hydrogen-bond acceptors (Lipinski definition) is 0. The Labute approximate surface area is 60.8 Å². The maximum absolute atomic E-state index is 3.47. The second-order valence-electron chi connectivity index (χ2n) is 3.05. The molecule has 0 nitrogen and oxygen atoms in total. The van der Waals surface area contributed by atoms with Crippen LogP contribution in [0.5, 0.6) is 0 Å². The van der Waals surface area contributed by atoms with Crippen LogP contribution < -0.4 is 0 Å². The minimum Gasteiger partial charge on any atom is -0.0922 e. The summed E-state index contributed by atoms with van der Waals surface area (Å²) in [7, 11) is 0. The van der Waals surface area contributed by atoms with Gasteiger partial charge in [0.1, 0.15) is 0 Å². The van der Waals surface area contributed by atoms with Crippen molar-refractivity contribution in [2.75, 3.05) is 5.33 Å². The molecular formula is C7H15Br. The molecule has 0 heterocycles. The summed E-state index contributed by atoms with van der Waals surface area (Å²) in [4.78, 5) is 0. The molecule has 0 bridgehead atoms. The van der Waals surface area contributed by atoms with E-state index in [0.717, 1.165) is 5.33 Å². The number of hydrogen-bond donors (Lipinski definition) is 0. The Morgan fingerprint density at radius 1 is 1.38 bits per heavy atom. The summed E-state index contributed by atoms with van der Waals surface area (Å²) in [6.45, 7) is 6.79. The SMILES string of the molecule is CCCC(C)(C)CBr. The van der Waals surface area contributed by atoms with Crippen LogP contribution in [0.15, 0.2) is 0 Å². The Morgan fingerprint density at radius 3 is 2.00 bits per heavy atom. The topological polar surface area (TPSA) is 0 Å². The summed E-state index contributed by atoms with van der Waals surface area (Å²) in [6, 6.07) is 0. The van der Waals surface area contributed by atoms with E-state index in [9.17, 15) is 0 Å². The van der Waals surface area contributed by atoms with Crippen molar-refractivity contribution in [3.63, 3.8) is 0 Å². The zero-order valence-electron chi connectivity index (χ0n) is 6.00. The third kappa shape index (κ3) is 3.48. The third-order valence-corrected chi connectivity index (χ3v) is 2.81. The fourth-order valence-corrected chi connectivity index (χ4v) is 1.02. The standard InChI is InChI=1S/C7H15Br/c1-4-5-7(2,3)6-8/h4-6H2,1-3H3. The lowest BCUT2D eigenvalue weighted by atomic mass is 9.91. The summed E-state index contributed by atoms with van der Waals surface area (Å²) < 4.78 is 0. The zero-order chi connectivity index (χ0) is 6.62. The Kier molecular flexibility index (Phi) is 3.70. The monoisotopic (exact) mass is 178 g/mol. The van der Waals surface area contributed by atoms with Crippen molar-refractivity contribution in [3.05, 3.63) is 0 Å². The number of halogens is 1. The molecule has 0 saturated carbocycles. The highest BCUT2D eigenvalue weighted by Gasteiger charge is 2.13. The van der Waals surface area contributed by atoms with Crippen molar-refractivity contribution in [1.82, 2.24) is 0 Å². The highest BCUT2D eigenvalue weighted by atomic mass is 79.9. The maximum Gasteiger partial charge on any atom is 0.00826 e. The van der Waals surface area contributed by atoms with Gasteiger partial charge in [-0.1, -0.05) is 43.1 Å². The molecule has 0 spiro atoms. The van der Waals surface area contributed by atoms with Crippen LogP contribution in [-0.4, -0.2) is 5.33 Å². The van der Waals surface area contributed by atoms with Gasteiger partial charge in [0, 0.05) is 5.33 Å². The number of rotatable bonds is 3.